The first-order valence-corrected chi connectivity index (χ1v) is 5.37. The summed E-state index contributed by atoms with van der Waals surface area (Å²) in [5.41, 5.74) is 0.759. The smallest absolute Gasteiger partial charge is 0.131 e. The van der Waals surface area contributed by atoms with Crippen LogP contribution in [-0.4, -0.2) is 42.5 Å². The van der Waals surface area contributed by atoms with Crippen molar-refractivity contribution >= 4 is 5.71 Å². The van der Waals surface area contributed by atoms with Crippen molar-refractivity contribution in [1.29, 1.82) is 0 Å². The molecule has 0 heterocycles. The Labute approximate surface area is 104 Å². The lowest BCUT2D eigenvalue weighted by molar-refractivity contribution is 0.0324. The number of aliphatic hydroxyl groups excluding tert-OH is 1. The molecule has 1 aromatic carbocycles. The van der Waals surface area contributed by atoms with Crippen LogP contribution in [0, 0.1) is 5.82 Å². The molecule has 0 bridgehead atoms. The van der Waals surface area contributed by atoms with E-state index in [1.54, 1.807) is 6.92 Å². The summed E-state index contributed by atoms with van der Waals surface area (Å²) in [7, 11) is 1.46. The molecule has 100 valence electrons. The van der Waals surface area contributed by atoms with E-state index in [2.05, 4.69) is 5.16 Å². The highest BCUT2D eigenvalue weighted by Crippen LogP contribution is 2.21. The van der Waals surface area contributed by atoms with E-state index < -0.39 is 11.9 Å². The zero-order valence-corrected chi connectivity index (χ0v) is 10.3. The van der Waals surface area contributed by atoms with Gasteiger partial charge in [-0.05, 0) is 19.1 Å². The number of hydrogen-bond donors (Lipinski definition) is 2. The van der Waals surface area contributed by atoms with E-state index in [1.165, 1.54) is 25.3 Å². The van der Waals surface area contributed by atoms with Gasteiger partial charge in [-0.1, -0.05) is 5.16 Å². The molecule has 0 fully saturated rings. The maximum atomic E-state index is 13.1. The molecule has 0 aliphatic rings. The first kappa shape index (κ1) is 14.4. The van der Waals surface area contributed by atoms with Crippen molar-refractivity contribution in [2.75, 3.05) is 20.3 Å². The molecular formula is C12H16FNO4. The summed E-state index contributed by atoms with van der Waals surface area (Å²) in [6.45, 7) is 1.65. The molecule has 1 atom stereocenters. The molecule has 5 nitrogen and oxygen atoms in total. The highest BCUT2D eigenvalue weighted by Gasteiger charge is 2.11. The highest BCUT2D eigenvalue weighted by atomic mass is 19.1. The number of hydrogen-bond acceptors (Lipinski definition) is 5. The minimum Gasteiger partial charge on any atom is -0.490 e. The van der Waals surface area contributed by atoms with Crippen LogP contribution in [0.25, 0.3) is 0 Å². The van der Waals surface area contributed by atoms with Crippen molar-refractivity contribution in [3.05, 3.63) is 29.6 Å². The Morgan fingerprint density at radius 2 is 2.17 bits per heavy atom. The molecule has 0 aliphatic heterocycles. The monoisotopic (exact) mass is 257 g/mol. The van der Waals surface area contributed by atoms with E-state index in [9.17, 15) is 9.50 Å². The summed E-state index contributed by atoms with van der Waals surface area (Å²) in [6.07, 6.45) is -0.808. The number of oxime groups is 1. The van der Waals surface area contributed by atoms with Crippen LogP contribution in [0.1, 0.15) is 12.5 Å². The third-order valence-corrected chi connectivity index (χ3v) is 2.27. The first-order valence-electron chi connectivity index (χ1n) is 5.37. The molecule has 0 saturated heterocycles. The molecule has 2 N–H and O–H groups in total. The molecule has 0 radical (unpaired) electrons. The van der Waals surface area contributed by atoms with Crippen molar-refractivity contribution in [3.63, 3.8) is 0 Å². The third-order valence-electron chi connectivity index (χ3n) is 2.27. The summed E-state index contributed by atoms with van der Waals surface area (Å²) in [5.74, 6) is -0.263. The fourth-order valence-electron chi connectivity index (χ4n) is 1.39. The van der Waals surface area contributed by atoms with Gasteiger partial charge >= 0.3 is 0 Å². The number of nitrogens with zero attached hydrogens (tertiary/aromatic N) is 1. The van der Waals surface area contributed by atoms with Crippen molar-refractivity contribution in [2.24, 2.45) is 5.16 Å². The number of ether oxygens (including phenoxy) is 2. The molecule has 0 spiro atoms. The predicted octanol–water partition coefficient (Wildman–Crippen LogP) is 1.41. The Morgan fingerprint density at radius 3 is 2.78 bits per heavy atom. The lowest BCUT2D eigenvalue weighted by Crippen LogP contribution is -2.23. The standard InChI is InChI=1S/C12H16FNO4/c1-8(14-16)11-4-3-9(13)5-12(11)18-7-10(15)6-17-2/h3-5,10,15-16H,6-7H2,1-2H3. The summed E-state index contributed by atoms with van der Waals surface area (Å²) in [5, 5.41) is 21.2. The molecule has 18 heavy (non-hydrogen) atoms. The minimum atomic E-state index is -0.808. The van der Waals surface area contributed by atoms with Crippen LogP contribution in [0.4, 0.5) is 4.39 Å². The predicted molar refractivity (Wildman–Crippen MR) is 63.8 cm³/mol. The molecule has 1 aromatic rings. The van der Waals surface area contributed by atoms with Crippen molar-refractivity contribution in [2.45, 2.75) is 13.0 Å². The first-order chi connectivity index (χ1) is 8.58. The highest BCUT2D eigenvalue weighted by molar-refractivity contribution is 6.00. The van der Waals surface area contributed by atoms with Crippen molar-refractivity contribution < 1.29 is 24.2 Å². The van der Waals surface area contributed by atoms with E-state index in [0.29, 0.717) is 11.3 Å². The van der Waals surface area contributed by atoms with Gasteiger partial charge in [0, 0.05) is 18.7 Å². The van der Waals surface area contributed by atoms with Gasteiger partial charge in [-0.15, -0.1) is 0 Å². The number of rotatable bonds is 6. The molecule has 1 unspecified atom stereocenters. The normalized spacial score (nSPS) is 13.4. The lowest BCUT2D eigenvalue weighted by Gasteiger charge is -2.14. The van der Waals surface area contributed by atoms with E-state index >= 15 is 0 Å². The number of benzene rings is 1. The van der Waals surface area contributed by atoms with Crippen molar-refractivity contribution in [1.82, 2.24) is 0 Å². The van der Waals surface area contributed by atoms with Gasteiger partial charge in [0.15, 0.2) is 0 Å². The number of halogens is 1. The van der Waals surface area contributed by atoms with Gasteiger partial charge in [0.2, 0.25) is 0 Å². The van der Waals surface area contributed by atoms with Gasteiger partial charge in [0.1, 0.15) is 24.3 Å². The van der Waals surface area contributed by atoms with Crippen LogP contribution in [0.15, 0.2) is 23.4 Å². The average Bonchev–Trinajstić information content (AvgIpc) is 2.36. The summed E-state index contributed by atoms with van der Waals surface area (Å²) in [6, 6.07) is 3.86. The zero-order chi connectivity index (χ0) is 13.5. The van der Waals surface area contributed by atoms with Crippen molar-refractivity contribution in [3.8, 4) is 5.75 Å². The summed E-state index contributed by atoms with van der Waals surface area (Å²) >= 11 is 0. The number of aliphatic hydroxyl groups is 1. The Hall–Kier alpha value is -1.66. The number of methoxy groups -OCH3 is 1. The fraction of sp³-hybridized carbons (Fsp3) is 0.417. The van der Waals surface area contributed by atoms with Gasteiger partial charge < -0.3 is 19.8 Å². The Balaban J connectivity index is 2.83. The fourth-order valence-corrected chi connectivity index (χ4v) is 1.39. The SMILES string of the molecule is COCC(O)COc1cc(F)ccc1C(C)=NO. The summed E-state index contributed by atoms with van der Waals surface area (Å²) < 4.78 is 23.2. The van der Waals surface area contributed by atoms with Gasteiger partial charge in [0.25, 0.3) is 0 Å². The minimum absolute atomic E-state index is 0.0387. The maximum absolute atomic E-state index is 13.1. The second-order valence-corrected chi connectivity index (χ2v) is 3.75. The molecule has 0 saturated carbocycles. The molecule has 0 amide bonds. The van der Waals surface area contributed by atoms with E-state index in [0.717, 1.165) is 0 Å². The largest absolute Gasteiger partial charge is 0.490 e. The zero-order valence-electron chi connectivity index (χ0n) is 10.3. The van der Waals surface area contributed by atoms with Gasteiger partial charge in [-0.3, -0.25) is 0 Å². The molecular weight excluding hydrogens is 241 g/mol. The van der Waals surface area contributed by atoms with Crippen LogP contribution in [0.3, 0.4) is 0 Å². The molecule has 1 rings (SSSR count). The quantitative estimate of drug-likeness (QED) is 0.459. The molecule has 0 aliphatic carbocycles. The van der Waals surface area contributed by atoms with Crippen LogP contribution in [0.5, 0.6) is 5.75 Å². The van der Waals surface area contributed by atoms with Crippen LogP contribution >= 0.6 is 0 Å². The Morgan fingerprint density at radius 1 is 1.44 bits per heavy atom. The van der Waals surface area contributed by atoms with E-state index in [4.69, 9.17) is 14.7 Å². The van der Waals surface area contributed by atoms with Crippen LogP contribution in [-0.2, 0) is 4.74 Å². The van der Waals surface area contributed by atoms with E-state index in [-0.39, 0.29) is 19.0 Å². The lowest BCUT2D eigenvalue weighted by atomic mass is 10.1. The third kappa shape index (κ3) is 3.97. The van der Waals surface area contributed by atoms with E-state index in [1.807, 2.05) is 0 Å². The van der Waals surface area contributed by atoms with Gasteiger partial charge in [-0.2, -0.15) is 0 Å². The van der Waals surface area contributed by atoms with Gasteiger partial charge in [0.05, 0.1) is 12.3 Å². The van der Waals surface area contributed by atoms with Gasteiger partial charge in [-0.25, -0.2) is 4.39 Å². The maximum Gasteiger partial charge on any atom is 0.131 e. The average molecular weight is 257 g/mol. The summed E-state index contributed by atoms with van der Waals surface area (Å²) in [4.78, 5) is 0. The topological polar surface area (TPSA) is 71.3 Å². The van der Waals surface area contributed by atoms with Crippen LogP contribution < -0.4 is 4.74 Å². The molecule has 0 aromatic heterocycles. The second kappa shape index (κ2) is 6.93. The molecule has 6 heteroatoms. The van der Waals surface area contributed by atoms with Crippen LogP contribution in [0.2, 0.25) is 0 Å². The Bertz CT molecular complexity index is 423. The Kier molecular flexibility index (Phi) is 5.54. The second-order valence-electron chi connectivity index (χ2n) is 3.75.